The molecule has 0 heterocycles. The molecule has 5 heteroatoms. The van der Waals surface area contributed by atoms with Crippen molar-refractivity contribution in [3.8, 4) is 0 Å². The predicted octanol–water partition coefficient (Wildman–Crippen LogP) is 1.42. The number of aliphatic hydroxyl groups is 3. The summed E-state index contributed by atoms with van der Waals surface area (Å²) in [4.78, 5) is 24.1. The monoisotopic (exact) mass is 360 g/mol. The van der Waals surface area contributed by atoms with Crippen LogP contribution in [-0.4, -0.2) is 46.2 Å². The number of hydrogen-bond donors (Lipinski definition) is 3. The third-order valence-electron chi connectivity index (χ3n) is 8.06. The average molecular weight is 360 g/mol. The molecule has 4 rings (SSSR count). The number of carbonyl (C=O) groups excluding carboxylic acids is 2. The molecule has 142 valence electrons. The number of carbonyl (C=O) groups is 2. The standard InChI is InChI=1S/C21H28O5/c1-20-7-6-13(24)8-12(20)2-3-14-15-4-5-16(18(26)10-22)21(15,11-23)9-17(25)19(14)20/h6-8,14-17,19,22-23,25H,2-5,9-11H2,1H3. The van der Waals surface area contributed by atoms with Crippen LogP contribution in [0.25, 0.3) is 0 Å². The van der Waals surface area contributed by atoms with Gasteiger partial charge in [0.25, 0.3) is 0 Å². The van der Waals surface area contributed by atoms with Crippen molar-refractivity contribution in [1.82, 2.24) is 0 Å². The van der Waals surface area contributed by atoms with E-state index in [1.165, 1.54) is 0 Å². The molecule has 7 unspecified atom stereocenters. The Morgan fingerprint density at radius 3 is 2.73 bits per heavy atom. The number of fused-ring (bicyclic) bond motifs is 5. The SMILES string of the molecule is CC12C=CC(=O)C=C1CCC1C2C(O)CC2(CO)C(C(=O)CO)CCC12. The number of rotatable bonds is 3. The van der Waals surface area contributed by atoms with Gasteiger partial charge in [-0.25, -0.2) is 0 Å². The molecule has 5 nitrogen and oxygen atoms in total. The maximum absolute atomic E-state index is 12.3. The molecule has 0 amide bonds. The third-order valence-corrected chi connectivity index (χ3v) is 8.06. The van der Waals surface area contributed by atoms with Gasteiger partial charge in [-0.1, -0.05) is 18.6 Å². The number of ketones is 2. The molecule has 0 saturated heterocycles. The zero-order valence-corrected chi connectivity index (χ0v) is 15.2. The Morgan fingerprint density at radius 2 is 2.04 bits per heavy atom. The van der Waals surface area contributed by atoms with E-state index in [-0.39, 0.29) is 47.3 Å². The van der Waals surface area contributed by atoms with Crippen LogP contribution in [0.1, 0.15) is 39.0 Å². The van der Waals surface area contributed by atoms with Crippen molar-refractivity contribution in [2.24, 2.45) is 34.5 Å². The highest BCUT2D eigenvalue weighted by Crippen LogP contribution is 2.66. The fourth-order valence-electron chi connectivity index (χ4n) is 7.00. The van der Waals surface area contributed by atoms with Crippen LogP contribution < -0.4 is 0 Å². The molecule has 0 spiro atoms. The Labute approximate surface area is 153 Å². The molecule has 3 fully saturated rings. The lowest BCUT2D eigenvalue weighted by atomic mass is 9.46. The Balaban J connectivity index is 1.74. The number of hydrogen-bond acceptors (Lipinski definition) is 5. The van der Waals surface area contributed by atoms with Gasteiger partial charge in [0.05, 0.1) is 6.10 Å². The molecule has 0 aromatic carbocycles. The van der Waals surface area contributed by atoms with Gasteiger partial charge in [-0.15, -0.1) is 0 Å². The second kappa shape index (κ2) is 6.11. The molecule has 0 aromatic heterocycles. The summed E-state index contributed by atoms with van der Waals surface area (Å²) >= 11 is 0. The first-order chi connectivity index (χ1) is 12.4. The van der Waals surface area contributed by atoms with Gasteiger partial charge in [0, 0.05) is 29.3 Å². The van der Waals surface area contributed by atoms with Gasteiger partial charge in [-0.05, 0) is 56.1 Å². The Bertz CT molecular complexity index is 695. The van der Waals surface area contributed by atoms with E-state index < -0.39 is 18.1 Å². The van der Waals surface area contributed by atoms with E-state index in [1.54, 1.807) is 12.2 Å². The van der Waals surface area contributed by atoms with Gasteiger partial charge in [0.15, 0.2) is 11.6 Å². The molecular formula is C21H28O5. The molecule has 7 atom stereocenters. The summed E-state index contributed by atoms with van der Waals surface area (Å²) in [5.41, 5.74) is 0.145. The number of Topliss-reactive ketones (excluding diaryl/α,β-unsaturated/α-hetero) is 1. The number of aliphatic hydroxyl groups excluding tert-OH is 3. The minimum absolute atomic E-state index is 0.000460. The minimum atomic E-state index is -0.637. The topological polar surface area (TPSA) is 94.8 Å². The van der Waals surface area contributed by atoms with E-state index in [2.05, 4.69) is 6.92 Å². The van der Waals surface area contributed by atoms with Gasteiger partial charge in [0.1, 0.15) is 6.61 Å². The van der Waals surface area contributed by atoms with Crippen molar-refractivity contribution >= 4 is 11.6 Å². The first-order valence-corrected chi connectivity index (χ1v) is 9.74. The first kappa shape index (κ1) is 18.1. The highest BCUT2D eigenvalue weighted by atomic mass is 16.3. The lowest BCUT2D eigenvalue weighted by Crippen LogP contribution is -2.58. The van der Waals surface area contributed by atoms with E-state index in [9.17, 15) is 24.9 Å². The molecule has 3 saturated carbocycles. The summed E-state index contributed by atoms with van der Waals surface area (Å²) in [6.07, 6.45) is 8.26. The number of allylic oxidation sites excluding steroid dienone is 4. The highest BCUT2D eigenvalue weighted by molar-refractivity contribution is 6.01. The van der Waals surface area contributed by atoms with Crippen molar-refractivity contribution in [1.29, 1.82) is 0 Å². The lowest BCUT2D eigenvalue weighted by Gasteiger charge is -2.59. The maximum Gasteiger partial charge on any atom is 0.178 e. The second-order valence-corrected chi connectivity index (χ2v) is 8.94. The van der Waals surface area contributed by atoms with Crippen molar-refractivity contribution in [3.05, 3.63) is 23.8 Å². The van der Waals surface area contributed by atoms with Crippen LogP contribution in [-0.2, 0) is 9.59 Å². The van der Waals surface area contributed by atoms with Gasteiger partial charge in [0.2, 0.25) is 0 Å². The minimum Gasteiger partial charge on any atom is -0.396 e. The van der Waals surface area contributed by atoms with Crippen LogP contribution >= 0.6 is 0 Å². The van der Waals surface area contributed by atoms with E-state index in [0.29, 0.717) is 12.8 Å². The van der Waals surface area contributed by atoms with Crippen molar-refractivity contribution in [2.75, 3.05) is 13.2 Å². The molecule has 3 N–H and O–H groups in total. The summed E-state index contributed by atoms with van der Waals surface area (Å²) in [5.74, 6) is -0.183. The largest absolute Gasteiger partial charge is 0.396 e. The van der Waals surface area contributed by atoms with Crippen LogP contribution in [0.3, 0.4) is 0 Å². The van der Waals surface area contributed by atoms with Crippen LogP contribution in [0.15, 0.2) is 23.8 Å². The second-order valence-electron chi connectivity index (χ2n) is 8.94. The Hall–Kier alpha value is -1.30. The Morgan fingerprint density at radius 1 is 1.27 bits per heavy atom. The summed E-state index contributed by atoms with van der Waals surface area (Å²) in [6, 6.07) is 0. The van der Waals surface area contributed by atoms with E-state index >= 15 is 0 Å². The normalized spacial score (nSPS) is 47.0. The van der Waals surface area contributed by atoms with Crippen LogP contribution in [0.4, 0.5) is 0 Å². The third kappa shape index (κ3) is 2.26. The summed E-state index contributed by atoms with van der Waals surface area (Å²) in [6.45, 7) is 1.49. The van der Waals surface area contributed by atoms with E-state index in [1.807, 2.05) is 6.08 Å². The lowest BCUT2D eigenvalue weighted by molar-refractivity contribution is -0.152. The molecule has 0 radical (unpaired) electrons. The van der Waals surface area contributed by atoms with Crippen molar-refractivity contribution < 1.29 is 24.9 Å². The van der Waals surface area contributed by atoms with Gasteiger partial charge >= 0.3 is 0 Å². The Kier molecular flexibility index (Phi) is 4.25. The summed E-state index contributed by atoms with van der Waals surface area (Å²) in [7, 11) is 0. The molecule has 4 aliphatic rings. The zero-order valence-electron chi connectivity index (χ0n) is 15.2. The molecular weight excluding hydrogens is 332 g/mol. The van der Waals surface area contributed by atoms with E-state index in [0.717, 1.165) is 24.8 Å². The summed E-state index contributed by atoms with van der Waals surface area (Å²) < 4.78 is 0. The van der Waals surface area contributed by atoms with Crippen LogP contribution in [0.2, 0.25) is 0 Å². The van der Waals surface area contributed by atoms with Crippen LogP contribution in [0, 0.1) is 34.5 Å². The molecule has 4 aliphatic carbocycles. The quantitative estimate of drug-likeness (QED) is 0.707. The molecule has 0 aliphatic heterocycles. The highest BCUT2D eigenvalue weighted by Gasteiger charge is 2.64. The molecule has 0 bridgehead atoms. The fraction of sp³-hybridized carbons (Fsp3) is 0.714. The van der Waals surface area contributed by atoms with Gasteiger partial charge in [-0.2, -0.15) is 0 Å². The molecule has 26 heavy (non-hydrogen) atoms. The average Bonchev–Trinajstić information content (AvgIpc) is 3.00. The fourth-order valence-corrected chi connectivity index (χ4v) is 7.00. The van der Waals surface area contributed by atoms with Crippen molar-refractivity contribution in [3.63, 3.8) is 0 Å². The maximum atomic E-state index is 12.3. The zero-order chi connectivity index (χ0) is 18.7. The first-order valence-electron chi connectivity index (χ1n) is 9.74. The predicted molar refractivity (Wildman–Crippen MR) is 95.0 cm³/mol. The van der Waals surface area contributed by atoms with Gasteiger partial charge in [-0.3, -0.25) is 9.59 Å². The van der Waals surface area contributed by atoms with Crippen molar-refractivity contribution in [2.45, 2.75) is 45.1 Å². The van der Waals surface area contributed by atoms with Crippen LogP contribution in [0.5, 0.6) is 0 Å². The van der Waals surface area contributed by atoms with E-state index in [4.69, 9.17) is 0 Å². The van der Waals surface area contributed by atoms with Gasteiger partial charge < -0.3 is 15.3 Å². The summed E-state index contributed by atoms with van der Waals surface area (Å²) in [5, 5.41) is 30.8. The smallest absolute Gasteiger partial charge is 0.178 e. The molecule has 0 aromatic rings.